The van der Waals surface area contributed by atoms with Gasteiger partial charge < -0.3 is 15.2 Å². The van der Waals surface area contributed by atoms with Crippen molar-refractivity contribution in [2.24, 2.45) is 0 Å². The molecular formula is C20H27N3S. The van der Waals surface area contributed by atoms with Crippen LogP contribution >= 0.6 is 11.3 Å². The van der Waals surface area contributed by atoms with E-state index in [1.807, 2.05) is 17.5 Å². The second kappa shape index (κ2) is 7.95. The van der Waals surface area contributed by atoms with Crippen molar-refractivity contribution >= 4 is 22.7 Å². The monoisotopic (exact) mass is 341 g/mol. The van der Waals surface area contributed by atoms with Crippen LogP contribution in [0.4, 0.5) is 5.69 Å². The molecule has 1 aliphatic heterocycles. The number of benzene rings is 1. The molecule has 4 heteroatoms. The van der Waals surface area contributed by atoms with Crippen LogP contribution in [0.25, 0.3) is 0 Å². The van der Waals surface area contributed by atoms with Crippen LogP contribution in [-0.4, -0.2) is 44.3 Å². The maximum Gasteiger partial charge on any atom is 0.0529 e. The van der Waals surface area contributed by atoms with Crippen molar-refractivity contribution in [2.45, 2.75) is 25.7 Å². The highest BCUT2D eigenvalue weighted by Crippen LogP contribution is 2.28. The minimum Gasteiger partial charge on any atom is -0.371 e. The fraction of sp³-hybridized carbons (Fsp3) is 0.450. The van der Waals surface area contributed by atoms with E-state index in [9.17, 15) is 0 Å². The van der Waals surface area contributed by atoms with Gasteiger partial charge in [-0.1, -0.05) is 18.2 Å². The lowest BCUT2D eigenvalue weighted by atomic mass is 9.97. The molecule has 0 unspecified atom stereocenters. The summed E-state index contributed by atoms with van der Waals surface area (Å²) in [5.74, 6) is 0. The molecular weight excluding hydrogens is 314 g/mol. The molecule has 0 aliphatic carbocycles. The predicted octanol–water partition coefficient (Wildman–Crippen LogP) is 4.06. The average Bonchev–Trinajstić information content (AvgIpc) is 3.09. The van der Waals surface area contributed by atoms with Gasteiger partial charge in [-0.15, -0.1) is 11.3 Å². The summed E-state index contributed by atoms with van der Waals surface area (Å²) in [6, 6.07) is 10.9. The molecule has 24 heavy (non-hydrogen) atoms. The van der Waals surface area contributed by atoms with Gasteiger partial charge in [0.15, 0.2) is 0 Å². The van der Waals surface area contributed by atoms with Gasteiger partial charge in [-0.25, -0.2) is 0 Å². The molecule has 1 N–H and O–H groups in total. The van der Waals surface area contributed by atoms with Crippen LogP contribution < -0.4 is 4.90 Å². The van der Waals surface area contributed by atoms with Gasteiger partial charge in [-0.3, -0.25) is 0 Å². The van der Waals surface area contributed by atoms with E-state index in [4.69, 9.17) is 5.41 Å². The summed E-state index contributed by atoms with van der Waals surface area (Å²) in [5, 5.41) is 10.3. The summed E-state index contributed by atoms with van der Waals surface area (Å²) in [6.45, 7) is 3.45. The van der Waals surface area contributed by atoms with Crippen LogP contribution in [0.15, 0.2) is 35.7 Å². The SMILES string of the molecule is CN(C)CCCN1CCCc2cc(CC(=N)c3cccs3)ccc21. The van der Waals surface area contributed by atoms with E-state index < -0.39 is 0 Å². The molecule has 0 atom stereocenters. The highest BCUT2D eigenvalue weighted by atomic mass is 32.1. The maximum atomic E-state index is 8.29. The molecule has 0 saturated carbocycles. The third kappa shape index (κ3) is 4.25. The molecule has 0 saturated heterocycles. The van der Waals surface area contributed by atoms with Crippen LogP contribution in [-0.2, 0) is 12.8 Å². The van der Waals surface area contributed by atoms with Gasteiger partial charge in [0.05, 0.1) is 5.71 Å². The minimum absolute atomic E-state index is 0.726. The molecule has 3 rings (SSSR count). The quantitative estimate of drug-likeness (QED) is 0.770. The minimum atomic E-state index is 0.726. The zero-order valence-corrected chi connectivity index (χ0v) is 15.5. The Kier molecular flexibility index (Phi) is 5.69. The molecule has 0 amide bonds. The molecule has 2 heterocycles. The van der Waals surface area contributed by atoms with Gasteiger partial charge >= 0.3 is 0 Å². The number of aryl methyl sites for hydroxylation is 1. The average molecular weight is 342 g/mol. The smallest absolute Gasteiger partial charge is 0.0529 e. The van der Waals surface area contributed by atoms with Crippen LogP contribution in [0.5, 0.6) is 0 Å². The van der Waals surface area contributed by atoms with Crippen LogP contribution in [0.3, 0.4) is 0 Å². The van der Waals surface area contributed by atoms with Gasteiger partial charge in [-0.05, 0) is 68.5 Å². The number of thiophene rings is 1. The number of nitrogens with one attached hydrogen (secondary N) is 1. The largest absolute Gasteiger partial charge is 0.371 e. The lowest BCUT2D eigenvalue weighted by Gasteiger charge is -2.32. The lowest BCUT2D eigenvalue weighted by Crippen LogP contribution is -2.32. The van der Waals surface area contributed by atoms with E-state index in [1.54, 1.807) is 11.3 Å². The van der Waals surface area contributed by atoms with E-state index in [2.05, 4.69) is 42.1 Å². The Bertz CT molecular complexity index is 676. The van der Waals surface area contributed by atoms with Gasteiger partial charge in [-0.2, -0.15) is 0 Å². The Hall–Kier alpha value is -1.65. The topological polar surface area (TPSA) is 30.3 Å². The molecule has 1 aromatic heterocycles. The maximum absolute atomic E-state index is 8.29. The third-order valence-electron chi connectivity index (χ3n) is 4.59. The van der Waals surface area contributed by atoms with E-state index in [1.165, 1.54) is 42.6 Å². The lowest BCUT2D eigenvalue weighted by molar-refractivity contribution is 0.399. The molecule has 3 nitrogen and oxygen atoms in total. The first-order valence-electron chi connectivity index (χ1n) is 8.76. The molecule has 0 radical (unpaired) electrons. The van der Waals surface area contributed by atoms with Crippen molar-refractivity contribution in [3.8, 4) is 0 Å². The Morgan fingerprint density at radius 1 is 1.29 bits per heavy atom. The van der Waals surface area contributed by atoms with Crippen molar-refractivity contribution in [2.75, 3.05) is 38.6 Å². The first kappa shape index (κ1) is 17.2. The van der Waals surface area contributed by atoms with Crippen molar-refractivity contribution in [1.82, 2.24) is 4.90 Å². The van der Waals surface area contributed by atoms with E-state index in [-0.39, 0.29) is 0 Å². The highest BCUT2D eigenvalue weighted by Gasteiger charge is 2.17. The van der Waals surface area contributed by atoms with Gasteiger partial charge in [0.1, 0.15) is 0 Å². The van der Waals surface area contributed by atoms with E-state index in [0.717, 1.165) is 30.1 Å². The normalized spacial score (nSPS) is 14.0. The third-order valence-corrected chi connectivity index (χ3v) is 5.52. The number of nitrogens with zero attached hydrogens (tertiary/aromatic N) is 2. The summed E-state index contributed by atoms with van der Waals surface area (Å²) in [4.78, 5) is 5.87. The highest BCUT2D eigenvalue weighted by molar-refractivity contribution is 7.12. The summed E-state index contributed by atoms with van der Waals surface area (Å²) in [6.07, 6.45) is 4.34. The second-order valence-corrected chi connectivity index (χ2v) is 7.79. The summed E-state index contributed by atoms with van der Waals surface area (Å²) in [7, 11) is 4.28. The standard InChI is InChI=1S/C20H27N3S/c1-22(2)10-5-12-23-11-3-6-17-14-16(8-9-19(17)23)15-18(21)20-7-4-13-24-20/h4,7-9,13-14,21H,3,5-6,10-12,15H2,1-2H3. The molecule has 0 bridgehead atoms. The van der Waals surface area contributed by atoms with Gasteiger partial charge in [0.25, 0.3) is 0 Å². The summed E-state index contributed by atoms with van der Waals surface area (Å²) in [5.41, 5.74) is 4.86. The van der Waals surface area contributed by atoms with Crippen molar-refractivity contribution in [3.63, 3.8) is 0 Å². The zero-order chi connectivity index (χ0) is 16.9. The predicted molar refractivity (Wildman–Crippen MR) is 105 cm³/mol. The second-order valence-electron chi connectivity index (χ2n) is 6.84. The summed E-state index contributed by atoms with van der Waals surface area (Å²) < 4.78 is 0. The number of hydrogen-bond donors (Lipinski definition) is 1. The molecule has 1 aliphatic rings. The molecule has 128 valence electrons. The molecule has 2 aromatic rings. The fourth-order valence-corrected chi connectivity index (χ4v) is 4.07. The van der Waals surface area contributed by atoms with Crippen molar-refractivity contribution in [1.29, 1.82) is 5.41 Å². The fourth-order valence-electron chi connectivity index (χ4n) is 3.39. The van der Waals surface area contributed by atoms with Crippen LogP contribution in [0, 0.1) is 5.41 Å². The molecule has 0 spiro atoms. The number of hydrogen-bond acceptors (Lipinski definition) is 4. The van der Waals surface area contributed by atoms with Crippen LogP contribution in [0.2, 0.25) is 0 Å². The van der Waals surface area contributed by atoms with Gasteiger partial charge in [0, 0.05) is 30.1 Å². The zero-order valence-electron chi connectivity index (χ0n) is 14.7. The van der Waals surface area contributed by atoms with E-state index in [0.29, 0.717) is 0 Å². The number of fused-ring (bicyclic) bond motifs is 1. The Morgan fingerprint density at radius 3 is 2.92 bits per heavy atom. The number of anilines is 1. The first-order chi connectivity index (χ1) is 11.6. The Morgan fingerprint density at radius 2 is 2.17 bits per heavy atom. The molecule has 0 fully saturated rings. The van der Waals surface area contributed by atoms with Crippen LogP contribution in [0.1, 0.15) is 28.8 Å². The summed E-state index contributed by atoms with van der Waals surface area (Å²) >= 11 is 1.65. The number of rotatable bonds is 7. The van der Waals surface area contributed by atoms with Gasteiger partial charge in [0.2, 0.25) is 0 Å². The van der Waals surface area contributed by atoms with E-state index >= 15 is 0 Å². The Labute approximate surface area is 149 Å². The van der Waals surface area contributed by atoms with Crippen molar-refractivity contribution in [3.05, 3.63) is 51.7 Å². The Balaban J connectivity index is 1.67. The first-order valence-corrected chi connectivity index (χ1v) is 9.64. The molecule has 1 aromatic carbocycles. The van der Waals surface area contributed by atoms with Crippen molar-refractivity contribution < 1.29 is 0 Å².